The monoisotopic (exact) mass is 299 g/mol. The summed E-state index contributed by atoms with van der Waals surface area (Å²) in [6, 6.07) is 26.7. The number of benzene rings is 3. The molecule has 0 aliphatic carbocycles. The normalized spacial score (nSPS) is 13.5. The maximum atomic E-state index is 4.29. The van der Waals surface area contributed by atoms with Crippen LogP contribution in [0.15, 0.2) is 89.1 Å². The molecule has 0 radical (unpaired) electrons. The minimum atomic E-state index is 0.867. The molecule has 3 aromatic carbocycles. The zero-order valence-electron chi connectivity index (χ0n) is 12.8. The lowest BCUT2D eigenvalue weighted by Gasteiger charge is -2.17. The van der Waals surface area contributed by atoms with Gasteiger partial charge in [-0.15, -0.1) is 0 Å². The van der Waals surface area contributed by atoms with Crippen LogP contribution in [0.1, 0.15) is 11.1 Å². The first-order valence-electron chi connectivity index (χ1n) is 7.77. The van der Waals surface area contributed by atoms with Gasteiger partial charge in [0, 0.05) is 18.8 Å². The molecule has 3 aromatic rings. The first-order chi connectivity index (χ1) is 11.4. The van der Waals surface area contributed by atoms with E-state index in [0.29, 0.717) is 0 Å². The van der Waals surface area contributed by atoms with Crippen molar-refractivity contribution in [1.29, 1.82) is 0 Å². The van der Waals surface area contributed by atoms with E-state index in [4.69, 9.17) is 0 Å². The fraction of sp³-hybridized carbons (Fsp3) is 0.100. The van der Waals surface area contributed by atoms with Gasteiger partial charge in [0.1, 0.15) is 0 Å². The van der Waals surface area contributed by atoms with E-state index in [9.17, 15) is 0 Å². The van der Waals surface area contributed by atoms with E-state index >= 15 is 0 Å². The van der Waals surface area contributed by atoms with E-state index in [-0.39, 0.29) is 0 Å². The third-order valence-corrected chi connectivity index (χ3v) is 4.09. The van der Waals surface area contributed by atoms with Crippen LogP contribution in [-0.2, 0) is 13.1 Å². The largest absolute Gasteiger partial charge is 0.363 e. The number of rotatable bonds is 3. The molecule has 0 amide bonds. The topological polar surface area (TPSA) is 28.0 Å². The Labute approximate surface area is 135 Å². The average Bonchev–Trinajstić information content (AvgIpc) is 3.05. The van der Waals surface area contributed by atoms with Crippen molar-refractivity contribution in [2.24, 2.45) is 10.2 Å². The number of hydrogen-bond donors (Lipinski definition) is 0. The third-order valence-electron chi connectivity index (χ3n) is 4.09. The van der Waals surface area contributed by atoms with Gasteiger partial charge in [0.2, 0.25) is 0 Å². The molecular formula is C20H17N3. The highest BCUT2D eigenvalue weighted by Gasteiger charge is 2.18. The van der Waals surface area contributed by atoms with Gasteiger partial charge in [-0.1, -0.05) is 42.5 Å². The second-order valence-corrected chi connectivity index (χ2v) is 5.68. The Hall–Kier alpha value is -2.94. The zero-order valence-corrected chi connectivity index (χ0v) is 12.8. The number of nitrogens with zero attached hydrogens (tertiary/aromatic N) is 3. The van der Waals surface area contributed by atoms with Crippen LogP contribution in [0.25, 0.3) is 0 Å². The fourth-order valence-electron chi connectivity index (χ4n) is 2.86. The molecule has 1 aliphatic rings. The minimum absolute atomic E-state index is 0.867. The van der Waals surface area contributed by atoms with Crippen LogP contribution < -0.4 is 4.90 Å². The molecule has 0 atom stereocenters. The molecule has 0 saturated carbocycles. The highest BCUT2D eigenvalue weighted by Crippen LogP contribution is 2.29. The first-order valence-corrected chi connectivity index (χ1v) is 7.77. The van der Waals surface area contributed by atoms with Gasteiger partial charge < -0.3 is 4.90 Å². The van der Waals surface area contributed by atoms with Crippen LogP contribution in [-0.4, -0.2) is 0 Å². The standard InChI is InChI=1S/C20H17N3/c1-2-8-18(9-3-1)21-22-19-10-12-20(13-11-19)23-14-16-6-4-5-7-17(16)15-23/h1-13H,14-15H2. The number of hydrogen-bond acceptors (Lipinski definition) is 3. The van der Waals surface area contributed by atoms with Gasteiger partial charge in [-0.2, -0.15) is 10.2 Å². The van der Waals surface area contributed by atoms with Crippen LogP contribution in [0.4, 0.5) is 17.1 Å². The Morgan fingerprint density at radius 2 is 1.09 bits per heavy atom. The lowest BCUT2D eigenvalue weighted by atomic mass is 10.1. The van der Waals surface area contributed by atoms with Gasteiger partial charge >= 0.3 is 0 Å². The van der Waals surface area contributed by atoms with Gasteiger partial charge in [0.15, 0.2) is 0 Å². The molecule has 112 valence electrons. The summed E-state index contributed by atoms with van der Waals surface area (Å²) in [6.45, 7) is 1.95. The Morgan fingerprint density at radius 3 is 1.70 bits per heavy atom. The van der Waals surface area contributed by atoms with E-state index in [1.807, 2.05) is 42.5 Å². The van der Waals surface area contributed by atoms with Crippen molar-refractivity contribution >= 4 is 17.1 Å². The Balaban J connectivity index is 1.48. The van der Waals surface area contributed by atoms with Crippen LogP contribution in [0, 0.1) is 0 Å². The SMILES string of the molecule is c1ccc(N=Nc2ccc(N3Cc4ccccc4C3)cc2)cc1. The predicted octanol–water partition coefficient (Wildman–Crippen LogP) is 5.62. The minimum Gasteiger partial charge on any atom is -0.363 e. The number of fused-ring (bicyclic) bond motifs is 1. The maximum absolute atomic E-state index is 4.29. The highest BCUT2D eigenvalue weighted by molar-refractivity contribution is 5.56. The molecular weight excluding hydrogens is 282 g/mol. The zero-order chi connectivity index (χ0) is 15.5. The van der Waals surface area contributed by atoms with Crippen LogP contribution in [0.3, 0.4) is 0 Å². The van der Waals surface area contributed by atoms with Gasteiger partial charge in [0.05, 0.1) is 11.4 Å². The fourth-order valence-corrected chi connectivity index (χ4v) is 2.86. The van der Waals surface area contributed by atoms with E-state index < -0.39 is 0 Å². The lowest BCUT2D eigenvalue weighted by molar-refractivity contribution is 0.880. The second-order valence-electron chi connectivity index (χ2n) is 5.68. The molecule has 4 rings (SSSR count). The van der Waals surface area contributed by atoms with Gasteiger partial charge in [-0.25, -0.2) is 0 Å². The first kappa shape index (κ1) is 13.7. The van der Waals surface area contributed by atoms with Crippen LogP contribution in [0.2, 0.25) is 0 Å². The highest BCUT2D eigenvalue weighted by atomic mass is 15.1. The summed E-state index contributed by atoms with van der Waals surface area (Å²) in [5, 5.41) is 8.54. The Kier molecular flexibility index (Phi) is 3.60. The van der Waals surface area contributed by atoms with Gasteiger partial charge in [0.25, 0.3) is 0 Å². The molecule has 0 N–H and O–H groups in total. The molecule has 0 aromatic heterocycles. The number of azo groups is 1. The predicted molar refractivity (Wildman–Crippen MR) is 93.4 cm³/mol. The van der Waals surface area contributed by atoms with Crippen molar-refractivity contribution in [2.75, 3.05) is 4.90 Å². The quantitative estimate of drug-likeness (QED) is 0.577. The van der Waals surface area contributed by atoms with E-state index in [0.717, 1.165) is 24.5 Å². The summed E-state index contributed by atoms with van der Waals surface area (Å²) in [7, 11) is 0. The summed E-state index contributed by atoms with van der Waals surface area (Å²) in [4.78, 5) is 2.38. The van der Waals surface area contributed by atoms with E-state index in [1.54, 1.807) is 0 Å². The van der Waals surface area contributed by atoms with Gasteiger partial charge in [-0.3, -0.25) is 0 Å². The van der Waals surface area contributed by atoms with Crippen molar-refractivity contribution < 1.29 is 0 Å². The molecule has 0 unspecified atom stereocenters. The van der Waals surface area contributed by atoms with Gasteiger partial charge in [-0.05, 0) is 47.5 Å². The van der Waals surface area contributed by atoms with Crippen molar-refractivity contribution in [3.05, 3.63) is 90.0 Å². The van der Waals surface area contributed by atoms with Crippen molar-refractivity contribution in [1.82, 2.24) is 0 Å². The van der Waals surface area contributed by atoms with Crippen LogP contribution in [0.5, 0.6) is 0 Å². The Morgan fingerprint density at radius 1 is 0.565 bits per heavy atom. The summed E-state index contributed by atoms with van der Waals surface area (Å²) >= 11 is 0. The molecule has 0 saturated heterocycles. The summed E-state index contributed by atoms with van der Waals surface area (Å²) < 4.78 is 0. The smallest absolute Gasteiger partial charge is 0.0858 e. The maximum Gasteiger partial charge on any atom is 0.0858 e. The number of anilines is 1. The van der Waals surface area contributed by atoms with Crippen LogP contribution >= 0.6 is 0 Å². The Bertz CT molecular complexity index is 798. The molecule has 0 fully saturated rings. The van der Waals surface area contributed by atoms with E-state index in [2.05, 4.69) is 51.5 Å². The molecule has 3 heteroatoms. The van der Waals surface area contributed by atoms with Crippen molar-refractivity contribution in [3.63, 3.8) is 0 Å². The second kappa shape index (κ2) is 6.05. The average molecular weight is 299 g/mol. The van der Waals surface area contributed by atoms with Crippen molar-refractivity contribution in [3.8, 4) is 0 Å². The summed E-state index contributed by atoms with van der Waals surface area (Å²) in [5.74, 6) is 0. The lowest BCUT2D eigenvalue weighted by Crippen LogP contribution is -2.13. The third kappa shape index (κ3) is 2.99. The van der Waals surface area contributed by atoms with E-state index in [1.165, 1.54) is 16.8 Å². The molecule has 3 nitrogen and oxygen atoms in total. The molecule has 1 aliphatic heterocycles. The molecule has 0 spiro atoms. The molecule has 23 heavy (non-hydrogen) atoms. The summed E-state index contributed by atoms with van der Waals surface area (Å²) in [5.41, 5.74) is 5.79. The molecule has 1 heterocycles. The summed E-state index contributed by atoms with van der Waals surface area (Å²) in [6.07, 6.45) is 0. The van der Waals surface area contributed by atoms with Crippen molar-refractivity contribution in [2.45, 2.75) is 13.1 Å². The molecule has 0 bridgehead atoms.